The summed E-state index contributed by atoms with van der Waals surface area (Å²) in [7, 11) is 2.04. The Balaban J connectivity index is 1.83. The predicted octanol–water partition coefficient (Wildman–Crippen LogP) is 2.67. The number of halogens is 1. The van der Waals surface area contributed by atoms with Crippen molar-refractivity contribution in [1.29, 1.82) is 0 Å². The molecule has 0 aliphatic rings. The number of rotatable bonds is 6. The molecule has 0 fully saturated rings. The van der Waals surface area contributed by atoms with Crippen molar-refractivity contribution < 1.29 is 9.69 Å². The molecule has 0 heterocycles. The molecule has 0 aliphatic carbocycles. The zero-order chi connectivity index (χ0) is 15.9. The molecular weight excluding hydrogens is 407 g/mol. The number of hydrogen-bond donors (Lipinski definition) is 2. The number of thioether (sulfide) groups is 1. The normalized spacial score (nSPS) is 12.0. The number of carbonyl (C=O) groups is 1. The lowest BCUT2D eigenvalue weighted by Crippen LogP contribution is -3.08. The second-order valence-corrected chi connectivity index (χ2v) is 7.34. The number of amides is 1. The molecule has 0 bridgehead atoms. The van der Waals surface area contributed by atoms with Gasteiger partial charge in [-0.3, -0.25) is 4.79 Å². The van der Waals surface area contributed by atoms with E-state index in [1.165, 1.54) is 15.4 Å². The van der Waals surface area contributed by atoms with Gasteiger partial charge in [0.2, 0.25) is 0 Å². The molecule has 0 saturated heterocycles. The molecule has 116 valence electrons. The molecule has 22 heavy (non-hydrogen) atoms. The lowest BCUT2D eigenvalue weighted by molar-refractivity contribution is -0.885. The number of benzene rings is 2. The van der Waals surface area contributed by atoms with E-state index in [0.717, 1.165) is 15.8 Å². The van der Waals surface area contributed by atoms with Gasteiger partial charge in [-0.15, -0.1) is 11.8 Å². The van der Waals surface area contributed by atoms with E-state index < -0.39 is 0 Å². The van der Waals surface area contributed by atoms with Crippen LogP contribution in [0.4, 0.5) is 5.69 Å². The molecule has 2 aromatic carbocycles. The Morgan fingerprint density at radius 2 is 1.77 bits per heavy atom. The molecule has 0 aliphatic heterocycles. The number of hydrogen-bond acceptors (Lipinski definition) is 2. The molecule has 1 amide bonds. The van der Waals surface area contributed by atoms with Crippen molar-refractivity contribution in [3.05, 3.63) is 57.7 Å². The third-order valence-corrected chi connectivity index (χ3v) is 4.72. The van der Waals surface area contributed by atoms with Gasteiger partial charge in [-0.1, -0.05) is 12.1 Å². The summed E-state index contributed by atoms with van der Waals surface area (Å²) >= 11 is 3.99. The van der Waals surface area contributed by atoms with Crippen molar-refractivity contribution in [3.8, 4) is 0 Å². The number of nitrogens with one attached hydrogen (secondary N) is 2. The van der Waals surface area contributed by atoms with E-state index in [2.05, 4.69) is 58.4 Å². The molecule has 0 spiro atoms. The molecule has 2 rings (SSSR count). The lowest BCUT2D eigenvalue weighted by atomic mass is 10.2. The van der Waals surface area contributed by atoms with Gasteiger partial charge in [-0.05, 0) is 65.2 Å². The van der Waals surface area contributed by atoms with Crippen molar-refractivity contribution >= 4 is 45.9 Å². The van der Waals surface area contributed by atoms with Crippen molar-refractivity contribution in [3.63, 3.8) is 0 Å². The zero-order valence-electron chi connectivity index (χ0n) is 12.7. The third kappa shape index (κ3) is 5.62. The van der Waals surface area contributed by atoms with Gasteiger partial charge in [0.15, 0.2) is 6.54 Å². The lowest BCUT2D eigenvalue weighted by Gasteiger charge is -2.14. The Morgan fingerprint density at radius 1 is 1.14 bits per heavy atom. The second-order valence-electron chi connectivity index (χ2n) is 5.21. The fourth-order valence-electron chi connectivity index (χ4n) is 2.17. The molecule has 5 heteroatoms. The number of carbonyl (C=O) groups excluding carboxylic acids is 1. The maximum Gasteiger partial charge on any atom is 0.279 e. The summed E-state index contributed by atoms with van der Waals surface area (Å²) in [5.41, 5.74) is 2.10. The van der Waals surface area contributed by atoms with Crippen LogP contribution in [0.15, 0.2) is 53.4 Å². The molecule has 0 saturated carbocycles. The molecule has 0 radical (unpaired) electrons. The Labute approximate surface area is 149 Å². The highest BCUT2D eigenvalue weighted by Crippen LogP contribution is 2.14. The maximum absolute atomic E-state index is 12.1. The first-order valence-corrected chi connectivity index (χ1v) is 9.37. The largest absolute Gasteiger partial charge is 0.326 e. The Hall–Kier alpha value is -1.05. The first kappa shape index (κ1) is 17.3. The van der Waals surface area contributed by atoms with Crippen LogP contribution in [0.25, 0.3) is 0 Å². The summed E-state index contributed by atoms with van der Waals surface area (Å²) in [6, 6.07) is 16.3. The summed E-state index contributed by atoms with van der Waals surface area (Å²) in [5, 5.41) is 2.94. The van der Waals surface area contributed by atoms with Crippen LogP contribution in [0.2, 0.25) is 0 Å². The van der Waals surface area contributed by atoms with Gasteiger partial charge in [0.25, 0.3) is 5.91 Å². The third-order valence-electron chi connectivity index (χ3n) is 3.26. The minimum atomic E-state index is 0.0412. The maximum atomic E-state index is 12.1. The molecule has 3 nitrogen and oxygen atoms in total. The van der Waals surface area contributed by atoms with Gasteiger partial charge in [0.05, 0.1) is 7.05 Å². The molecule has 2 N–H and O–H groups in total. The van der Waals surface area contributed by atoms with Crippen molar-refractivity contribution in [1.82, 2.24) is 0 Å². The van der Waals surface area contributed by atoms with Gasteiger partial charge >= 0.3 is 0 Å². The van der Waals surface area contributed by atoms with Crippen molar-refractivity contribution in [2.75, 3.05) is 25.2 Å². The van der Waals surface area contributed by atoms with Gasteiger partial charge in [-0.25, -0.2) is 0 Å². The van der Waals surface area contributed by atoms with Gasteiger partial charge < -0.3 is 10.2 Å². The Kier molecular flexibility index (Phi) is 6.72. The second kappa shape index (κ2) is 8.55. The standard InChI is InChI=1S/C17H19IN2OS/c1-20(11-13-3-9-16(22-2)10-4-13)12-17(21)19-15-7-5-14(18)6-8-15/h3-10H,11-12H2,1-2H3,(H,19,21)/p+1. The van der Waals surface area contributed by atoms with Gasteiger partial charge in [0, 0.05) is 19.7 Å². The number of likely N-dealkylation sites (N-methyl/N-ethyl adjacent to an activating group) is 1. The first-order chi connectivity index (χ1) is 10.6. The average molecular weight is 427 g/mol. The summed E-state index contributed by atoms with van der Waals surface area (Å²) in [6.07, 6.45) is 2.07. The highest BCUT2D eigenvalue weighted by Gasteiger charge is 2.11. The SMILES string of the molecule is CSc1ccc(C[NH+](C)CC(=O)Nc2ccc(I)cc2)cc1. The summed E-state index contributed by atoms with van der Waals surface area (Å²) in [6.45, 7) is 1.30. The minimum absolute atomic E-state index is 0.0412. The monoisotopic (exact) mass is 427 g/mol. The van der Waals surface area contributed by atoms with Crippen molar-refractivity contribution in [2.24, 2.45) is 0 Å². The molecule has 1 unspecified atom stereocenters. The molecule has 2 aromatic rings. The zero-order valence-corrected chi connectivity index (χ0v) is 15.7. The average Bonchev–Trinajstić information content (AvgIpc) is 2.50. The van der Waals surface area contributed by atoms with E-state index in [0.29, 0.717) is 6.54 Å². The van der Waals surface area contributed by atoms with Crippen LogP contribution in [0, 0.1) is 3.57 Å². The quantitative estimate of drug-likeness (QED) is 0.549. The number of quaternary nitrogens is 1. The van der Waals surface area contributed by atoms with E-state index in [1.54, 1.807) is 11.8 Å². The van der Waals surface area contributed by atoms with Gasteiger partial charge in [-0.2, -0.15) is 0 Å². The summed E-state index contributed by atoms with van der Waals surface area (Å²) in [5.74, 6) is 0.0412. The fraction of sp³-hybridized carbons (Fsp3) is 0.235. The van der Waals surface area contributed by atoms with Crippen LogP contribution in [-0.2, 0) is 11.3 Å². The Bertz CT molecular complexity index is 614. The minimum Gasteiger partial charge on any atom is -0.326 e. The van der Waals surface area contributed by atoms with Crippen LogP contribution in [0.5, 0.6) is 0 Å². The smallest absolute Gasteiger partial charge is 0.279 e. The summed E-state index contributed by atoms with van der Waals surface area (Å²) < 4.78 is 1.16. The highest BCUT2D eigenvalue weighted by molar-refractivity contribution is 14.1. The van der Waals surface area contributed by atoms with Crippen LogP contribution >= 0.6 is 34.4 Å². The van der Waals surface area contributed by atoms with Crippen LogP contribution in [-0.4, -0.2) is 25.8 Å². The van der Waals surface area contributed by atoms with Crippen LogP contribution in [0.1, 0.15) is 5.56 Å². The van der Waals surface area contributed by atoms with E-state index in [4.69, 9.17) is 0 Å². The predicted molar refractivity (Wildman–Crippen MR) is 101 cm³/mol. The molecular formula is C17H20IN2OS+. The van der Waals surface area contributed by atoms with E-state index in [1.807, 2.05) is 31.3 Å². The van der Waals surface area contributed by atoms with Crippen LogP contribution in [0.3, 0.4) is 0 Å². The topological polar surface area (TPSA) is 33.5 Å². The van der Waals surface area contributed by atoms with Crippen molar-refractivity contribution in [2.45, 2.75) is 11.4 Å². The van der Waals surface area contributed by atoms with Gasteiger partial charge in [0.1, 0.15) is 6.54 Å². The summed E-state index contributed by atoms with van der Waals surface area (Å²) in [4.78, 5) is 14.5. The molecule has 0 aromatic heterocycles. The Morgan fingerprint density at radius 3 is 2.36 bits per heavy atom. The van der Waals surface area contributed by atoms with E-state index >= 15 is 0 Å². The highest BCUT2D eigenvalue weighted by atomic mass is 127. The van der Waals surface area contributed by atoms with E-state index in [9.17, 15) is 4.79 Å². The van der Waals surface area contributed by atoms with Crippen LogP contribution < -0.4 is 10.2 Å². The molecule has 1 atom stereocenters. The fourth-order valence-corrected chi connectivity index (χ4v) is 2.93. The van der Waals surface area contributed by atoms with E-state index in [-0.39, 0.29) is 5.91 Å². The first-order valence-electron chi connectivity index (χ1n) is 7.06. The number of anilines is 1.